The quantitative estimate of drug-likeness (QED) is 0.399. The fourth-order valence-corrected chi connectivity index (χ4v) is 7.64. The highest BCUT2D eigenvalue weighted by atomic mass is 32.2. The first-order valence-electron chi connectivity index (χ1n) is 12.6. The lowest BCUT2D eigenvalue weighted by Crippen LogP contribution is -2.54. The molecule has 1 fully saturated rings. The Balaban J connectivity index is 0.00000361. The SMILES string of the molecule is CC[C@H](NC(=O)[C@@H](CS(=O)(=O)c1cccc2ccccc12)NS(C)(=O)=O)[C@H](O)CC1CCCCC1C.[HH].[HH]. The van der Waals surface area contributed by atoms with Gasteiger partial charge in [-0.1, -0.05) is 75.9 Å². The fourth-order valence-electron chi connectivity index (χ4n) is 5.17. The molecule has 3 N–H and O–H groups in total. The minimum Gasteiger partial charge on any atom is -0.391 e. The molecule has 0 radical (unpaired) electrons. The molecular weight excluding hydrogens is 500 g/mol. The van der Waals surface area contributed by atoms with Crippen LogP contribution in [0, 0.1) is 11.8 Å². The summed E-state index contributed by atoms with van der Waals surface area (Å²) in [6, 6.07) is 9.68. The van der Waals surface area contributed by atoms with Crippen LogP contribution in [0.4, 0.5) is 0 Å². The van der Waals surface area contributed by atoms with E-state index in [4.69, 9.17) is 0 Å². The molecule has 0 aliphatic heterocycles. The summed E-state index contributed by atoms with van der Waals surface area (Å²) in [4.78, 5) is 13.2. The average Bonchev–Trinajstić information content (AvgIpc) is 2.81. The largest absolute Gasteiger partial charge is 0.391 e. The molecule has 36 heavy (non-hydrogen) atoms. The Labute approximate surface area is 217 Å². The number of benzene rings is 2. The lowest BCUT2D eigenvalue weighted by molar-refractivity contribution is -0.124. The highest BCUT2D eigenvalue weighted by molar-refractivity contribution is 7.92. The summed E-state index contributed by atoms with van der Waals surface area (Å²) in [5.41, 5.74) is 0. The van der Waals surface area contributed by atoms with Crippen LogP contribution in [-0.4, -0.2) is 58.0 Å². The van der Waals surface area contributed by atoms with Crippen molar-refractivity contribution in [3.05, 3.63) is 42.5 Å². The molecule has 2 unspecified atom stereocenters. The standard InChI is InChI=1S/C26H38N2O6S2.2H2/c1-4-22(24(29)16-20-12-6-5-10-18(20)2)27-26(30)23(28-35(3,31)32)17-36(33,34)25-15-9-13-19-11-7-8-14-21(19)25;;/h7-9,11,13-15,18,20,22-24,28-29H,4-6,10,12,16-17H2,1-3H3,(H,27,30);2*1H/t18?,20?,22-,23+,24+;;/m0../s1. The van der Waals surface area contributed by atoms with Crippen molar-refractivity contribution in [2.24, 2.45) is 11.8 Å². The first-order valence-corrected chi connectivity index (χ1v) is 16.1. The van der Waals surface area contributed by atoms with Gasteiger partial charge in [0.25, 0.3) is 0 Å². The Morgan fingerprint density at radius 3 is 2.42 bits per heavy atom. The van der Waals surface area contributed by atoms with Crippen molar-refractivity contribution in [3.63, 3.8) is 0 Å². The molecule has 5 atom stereocenters. The van der Waals surface area contributed by atoms with Crippen molar-refractivity contribution >= 4 is 36.5 Å². The number of hydrogen-bond acceptors (Lipinski definition) is 6. The molecule has 1 amide bonds. The summed E-state index contributed by atoms with van der Waals surface area (Å²) in [7, 11) is -7.94. The van der Waals surface area contributed by atoms with Crippen molar-refractivity contribution in [2.45, 2.75) is 75.5 Å². The van der Waals surface area contributed by atoms with Gasteiger partial charge in [-0.05, 0) is 36.1 Å². The van der Waals surface area contributed by atoms with E-state index in [-0.39, 0.29) is 7.75 Å². The molecule has 0 heterocycles. The lowest BCUT2D eigenvalue weighted by atomic mass is 9.76. The molecule has 10 heteroatoms. The number of sulfone groups is 1. The Kier molecular flexibility index (Phi) is 9.54. The maximum Gasteiger partial charge on any atom is 0.239 e. The van der Waals surface area contributed by atoms with E-state index in [2.05, 4.69) is 17.0 Å². The van der Waals surface area contributed by atoms with Crippen LogP contribution in [0.25, 0.3) is 10.8 Å². The Morgan fingerprint density at radius 2 is 1.75 bits per heavy atom. The first-order chi connectivity index (χ1) is 16.9. The summed E-state index contributed by atoms with van der Waals surface area (Å²) >= 11 is 0. The van der Waals surface area contributed by atoms with Gasteiger partial charge < -0.3 is 10.4 Å². The van der Waals surface area contributed by atoms with Crippen molar-refractivity contribution in [3.8, 4) is 0 Å². The van der Waals surface area contributed by atoms with Crippen LogP contribution >= 0.6 is 0 Å². The van der Waals surface area contributed by atoms with Gasteiger partial charge in [0.05, 0.1) is 29.0 Å². The fraction of sp³-hybridized carbons (Fsp3) is 0.577. The predicted molar refractivity (Wildman–Crippen MR) is 146 cm³/mol. The molecule has 0 aromatic heterocycles. The summed E-state index contributed by atoms with van der Waals surface area (Å²) in [6.45, 7) is 4.00. The Hall–Kier alpha value is -2.01. The number of sulfonamides is 1. The molecule has 1 aliphatic carbocycles. The van der Waals surface area contributed by atoms with Gasteiger partial charge in [0, 0.05) is 8.24 Å². The Bertz CT molecular complexity index is 1270. The van der Waals surface area contributed by atoms with Crippen LogP contribution in [-0.2, 0) is 24.7 Å². The number of amides is 1. The molecule has 1 saturated carbocycles. The smallest absolute Gasteiger partial charge is 0.239 e. The average molecular weight is 543 g/mol. The normalized spacial score (nSPS) is 21.6. The molecule has 3 rings (SSSR count). The minimum absolute atomic E-state index is 0. The topological polar surface area (TPSA) is 130 Å². The maximum atomic E-state index is 13.4. The number of hydrogen-bond donors (Lipinski definition) is 3. The van der Waals surface area contributed by atoms with Gasteiger partial charge in [0.15, 0.2) is 9.84 Å². The number of carbonyl (C=O) groups excluding carboxylic acids is 1. The molecule has 1 aliphatic rings. The monoisotopic (exact) mass is 542 g/mol. The highest BCUT2D eigenvalue weighted by Crippen LogP contribution is 2.33. The third-order valence-corrected chi connectivity index (χ3v) is 9.72. The lowest BCUT2D eigenvalue weighted by Gasteiger charge is -2.33. The molecule has 8 nitrogen and oxygen atoms in total. The molecule has 0 bridgehead atoms. The third-order valence-electron chi connectivity index (χ3n) is 7.21. The van der Waals surface area contributed by atoms with Crippen LogP contribution in [0.3, 0.4) is 0 Å². The molecule has 204 valence electrons. The minimum atomic E-state index is -4.05. The summed E-state index contributed by atoms with van der Waals surface area (Å²) < 4.78 is 53.0. The third kappa shape index (κ3) is 7.50. The summed E-state index contributed by atoms with van der Waals surface area (Å²) in [5, 5.41) is 14.8. The zero-order valence-corrected chi connectivity index (χ0v) is 22.8. The second-order valence-corrected chi connectivity index (χ2v) is 13.8. The van der Waals surface area contributed by atoms with Gasteiger partial charge in [-0.3, -0.25) is 4.79 Å². The molecule has 2 aromatic rings. The van der Waals surface area contributed by atoms with Gasteiger partial charge in [-0.2, -0.15) is 0 Å². The zero-order chi connectivity index (χ0) is 26.5. The Morgan fingerprint density at radius 1 is 1.08 bits per heavy atom. The number of nitrogens with one attached hydrogen (secondary N) is 2. The van der Waals surface area contributed by atoms with Crippen molar-refractivity contribution in [2.75, 3.05) is 12.0 Å². The number of rotatable bonds is 11. The molecule has 0 spiro atoms. The number of carbonyl (C=O) groups is 1. The molecular formula is C26H42N2O6S2. The van der Waals surface area contributed by atoms with E-state index in [1.165, 1.54) is 12.5 Å². The maximum absolute atomic E-state index is 13.4. The van der Waals surface area contributed by atoms with Gasteiger partial charge >= 0.3 is 0 Å². The van der Waals surface area contributed by atoms with Crippen molar-refractivity contribution < 1.29 is 29.6 Å². The summed E-state index contributed by atoms with van der Waals surface area (Å²) in [6.07, 6.45) is 5.50. The highest BCUT2D eigenvalue weighted by Gasteiger charge is 2.33. The number of aliphatic hydroxyl groups is 1. The van der Waals surface area contributed by atoms with Gasteiger partial charge in [-0.25, -0.2) is 21.6 Å². The van der Waals surface area contributed by atoms with E-state index in [1.807, 2.05) is 6.92 Å². The van der Waals surface area contributed by atoms with Crippen LogP contribution < -0.4 is 10.0 Å². The summed E-state index contributed by atoms with van der Waals surface area (Å²) in [5.74, 6) is -0.665. The van der Waals surface area contributed by atoms with E-state index in [0.29, 0.717) is 30.1 Å². The van der Waals surface area contributed by atoms with E-state index >= 15 is 0 Å². The number of aliphatic hydroxyl groups excluding tert-OH is 1. The second-order valence-electron chi connectivity index (χ2n) is 10.0. The van der Waals surface area contributed by atoms with Crippen LogP contribution in [0.1, 0.15) is 55.2 Å². The van der Waals surface area contributed by atoms with E-state index in [9.17, 15) is 26.7 Å². The van der Waals surface area contributed by atoms with Crippen molar-refractivity contribution in [1.29, 1.82) is 0 Å². The predicted octanol–water partition coefficient (Wildman–Crippen LogP) is 3.50. The first kappa shape index (κ1) is 28.6. The second kappa shape index (κ2) is 12.0. The molecule has 2 aromatic carbocycles. The van der Waals surface area contributed by atoms with Crippen LogP contribution in [0.2, 0.25) is 0 Å². The van der Waals surface area contributed by atoms with E-state index < -0.39 is 49.7 Å². The number of fused-ring (bicyclic) bond motifs is 1. The van der Waals surface area contributed by atoms with Gasteiger partial charge in [0.1, 0.15) is 6.04 Å². The van der Waals surface area contributed by atoms with Gasteiger partial charge in [0.2, 0.25) is 15.9 Å². The van der Waals surface area contributed by atoms with Crippen LogP contribution in [0.15, 0.2) is 47.4 Å². The molecule has 0 saturated heterocycles. The van der Waals surface area contributed by atoms with E-state index in [0.717, 1.165) is 30.9 Å². The van der Waals surface area contributed by atoms with E-state index in [1.54, 1.807) is 36.4 Å². The van der Waals surface area contributed by atoms with Crippen molar-refractivity contribution in [1.82, 2.24) is 10.0 Å². The van der Waals surface area contributed by atoms with Crippen LogP contribution in [0.5, 0.6) is 0 Å². The van der Waals surface area contributed by atoms with Gasteiger partial charge in [-0.15, -0.1) is 0 Å². The zero-order valence-electron chi connectivity index (χ0n) is 21.2.